The maximum atomic E-state index is 12.5. The third kappa shape index (κ3) is 3.58. The highest BCUT2D eigenvalue weighted by Crippen LogP contribution is 2.37. The predicted molar refractivity (Wildman–Crippen MR) is 99.4 cm³/mol. The summed E-state index contributed by atoms with van der Waals surface area (Å²) >= 11 is 1.14. The van der Waals surface area contributed by atoms with Crippen molar-refractivity contribution in [3.8, 4) is 10.8 Å². The molecule has 1 aliphatic carbocycles. The van der Waals surface area contributed by atoms with Crippen molar-refractivity contribution in [3.05, 3.63) is 53.4 Å². The van der Waals surface area contributed by atoms with Crippen LogP contribution in [0.1, 0.15) is 42.2 Å². The molecule has 0 saturated heterocycles. The second-order valence-corrected chi connectivity index (χ2v) is 9.58. The van der Waals surface area contributed by atoms with Gasteiger partial charge in [0.05, 0.1) is 4.88 Å². The number of rotatable bonds is 6. The molecule has 0 aliphatic heterocycles. The molecule has 0 atom stereocenters. The molecule has 1 saturated carbocycles. The fourth-order valence-corrected chi connectivity index (χ4v) is 5.10. The van der Waals surface area contributed by atoms with Crippen LogP contribution < -0.4 is 4.72 Å². The summed E-state index contributed by atoms with van der Waals surface area (Å²) in [5.74, 6) is 1.40. The van der Waals surface area contributed by atoms with Crippen LogP contribution in [0.5, 0.6) is 0 Å². The summed E-state index contributed by atoms with van der Waals surface area (Å²) in [5.41, 5.74) is 2.02. The number of nitrogens with one attached hydrogen (secondary N) is 1. The van der Waals surface area contributed by atoms with E-state index in [-0.39, 0.29) is 10.8 Å². The van der Waals surface area contributed by atoms with Crippen molar-refractivity contribution in [2.24, 2.45) is 0 Å². The van der Waals surface area contributed by atoms with Gasteiger partial charge in [0, 0.05) is 12.5 Å². The Labute approximate surface area is 156 Å². The van der Waals surface area contributed by atoms with Gasteiger partial charge in [0.1, 0.15) is 4.21 Å². The first kappa shape index (κ1) is 17.4. The molecule has 1 aliphatic rings. The summed E-state index contributed by atoms with van der Waals surface area (Å²) in [6, 6.07) is 11.0. The lowest BCUT2D eigenvalue weighted by atomic mass is 9.85. The minimum atomic E-state index is -3.58. The van der Waals surface area contributed by atoms with E-state index >= 15 is 0 Å². The Morgan fingerprint density at radius 1 is 1.23 bits per heavy atom. The van der Waals surface area contributed by atoms with Crippen LogP contribution in [0.4, 0.5) is 0 Å². The fourth-order valence-electron chi connectivity index (χ4n) is 2.81. The Kier molecular flexibility index (Phi) is 4.64. The zero-order valence-corrected chi connectivity index (χ0v) is 15.9. The average Bonchev–Trinajstić information content (AvgIpc) is 3.21. The van der Waals surface area contributed by atoms with Crippen molar-refractivity contribution >= 4 is 21.4 Å². The quantitative estimate of drug-likeness (QED) is 0.692. The van der Waals surface area contributed by atoms with Gasteiger partial charge in [-0.05, 0) is 37.5 Å². The Bertz CT molecular complexity index is 1020. The summed E-state index contributed by atoms with van der Waals surface area (Å²) < 4.78 is 33.7. The minimum Gasteiger partial charge on any atom is -0.420 e. The van der Waals surface area contributed by atoms with Gasteiger partial charge in [0.2, 0.25) is 15.9 Å². The van der Waals surface area contributed by atoms with Crippen LogP contribution in [-0.2, 0) is 16.6 Å². The molecular weight excluding hydrogens is 370 g/mol. The van der Waals surface area contributed by atoms with Gasteiger partial charge in [-0.2, -0.15) is 0 Å². The Hall–Kier alpha value is -2.03. The van der Waals surface area contributed by atoms with E-state index in [1.165, 1.54) is 6.42 Å². The molecule has 0 unspecified atom stereocenters. The average molecular weight is 390 g/mol. The second-order valence-electron chi connectivity index (χ2n) is 6.51. The zero-order chi connectivity index (χ0) is 18.1. The van der Waals surface area contributed by atoms with Crippen LogP contribution in [-0.4, -0.2) is 18.6 Å². The van der Waals surface area contributed by atoms with Crippen LogP contribution in [0.2, 0.25) is 0 Å². The number of benzene rings is 1. The highest BCUT2D eigenvalue weighted by Gasteiger charge is 2.26. The van der Waals surface area contributed by atoms with Gasteiger partial charge in [-0.25, -0.2) is 13.1 Å². The molecule has 0 amide bonds. The molecule has 8 heteroatoms. The number of aromatic nitrogens is 2. The Morgan fingerprint density at radius 2 is 2.08 bits per heavy atom. The minimum absolute atomic E-state index is 0.239. The first-order valence-electron chi connectivity index (χ1n) is 8.50. The van der Waals surface area contributed by atoms with E-state index in [4.69, 9.17) is 4.42 Å². The van der Waals surface area contributed by atoms with Gasteiger partial charge in [-0.1, -0.05) is 36.2 Å². The van der Waals surface area contributed by atoms with Gasteiger partial charge in [-0.15, -0.1) is 21.5 Å². The van der Waals surface area contributed by atoms with Crippen molar-refractivity contribution in [3.63, 3.8) is 0 Å². The first-order valence-corrected chi connectivity index (χ1v) is 10.8. The molecular formula is C18H19N3O3S2. The molecule has 4 rings (SSSR count). The fraction of sp³-hybridized carbons (Fsp3) is 0.333. The van der Waals surface area contributed by atoms with Gasteiger partial charge >= 0.3 is 0 Å². The first-order chi connectivity index (χ1) is 12.5. The van der Waals surface area contributed by atoms with Gasteiger partial charge in [0.25, 0.3) is 5.89 Å². The van der Waals surface area contributed by atoms with Crippen molar-refractivity contribution in [2.75, 3.05) is 0 Å². The van der Waals surface area contributed by atoms with E-state index in [9.17, 15) is 8.42 Å². The molecule has 0 radical (unpaired) electrons. The van der Waals surface area contributed by atoms with E-state index in [1.54, 1.807) is 12.1 Å². The number of sulfonamides is 1. The topological polar surface area (TPSA) is 85.1 Å². The van der Waals surface area contributed by atoms with Gasteiger partial charge in [-0.3, -0.25) is 0 Å². The van der Waals surface area contributed by atoms with E-state index < -0.39 is 10.0 Å². The third-order valence-corrected chi connectivity index (χ3v) is 7.47. The predicted octanol–water partition coefficient (Wildman–Crippen LogP) is 3.85. The maximum absolute atomic E-state index is 12.5. The lowest BCUT2D eigenvalue weighted by Crippen LogP contribution is -2.22. The lowest BCUT2D eigenvalue weighted by molar-refractivity contribution is 0.338. The maximum Gasteiger partial charge on any atom is 0.257 e. The molecule has 1 fully saturated rings. The summed E-state index contributed by atoms with van der Waals surface area (Å²) in [6.07, 6.45) is 3.35. The second kappa shape index (κ2) is 6.94. The van der Waals surface area contributed by atoms with E-state index in [0.717, 1.165) is 35.3 Å². The zero-order valence-electron chi connectivity index (χ0n) is 14.3. The Morgan fingerprint density at radius 3 is 2.81 bits per heavy atom. The number of aryl methyl sites for hydroxylation is 1. The van der Waals surface area contributed by atoms with Crippen LogP contribution in [0.25, 0.3) is 10.8 Å². The van der Waals surface area contributed by atoms with Crippen molar-refractivity contribution in [1.82, 2.24) is 14.9 Å². The number of hydrogen-bond acceptors (Lipinski definition) is 6. The van der Waals surface area contributed by atoms with Crippen LogP contribution in [0, 0.1) is 6.92 Å². The smallest absolute Gasteiger partial charge is 0.257 e. The molecule has 26 heavy (non-hydrogen) atoms. The van der Waals surface area contributed by atoms with E-state index in [1.807, 2.05) is 31.2 Å². The van der Waals surface area contributed by atoms with Gasteiger partial charge < -0.3 is 4.42 Å². The summed E-state index contributed by atoms with van der Waals surface area (Å²) in [7, 11) is -3.58. The monoisotopic (exact) mass is 389 g/mol. The number of thiophene rings is 1. The van der Waals surface area contributed by atoms with Crippen molar-refractivity contribution < 1.29 is 12.8 Å². The summed E-state index contributed by atoms with van der Waals surface area (Å²) in [6.45, 7) is 2.23. The van der Waals surface area contributed by atoms with Crippen molar-refractivity contribution in [1.29, 1.82) is 0 Å². The highest BCUT2D eigenvalue weighted by molar-refractivity contribution is 7.91. The molecule has 0 spiro atoms. The van der Waals surface area contributed by atoms with Crippen LogP contribution in [0.15, 0.2) is 45.0 Å². The number of hydrogen-bond donors (Lipinski definition) is 1. The molecule has 6 nitrogen and oxygen atoms in total. The molecule has 1 aromatic carbocycles. The largest absolute Gasteiger partial charge is 0.420 e. The molecule has 2 heterocycles. The molecule has 3 aromatic rings. The number of nitrogens with zero attached hydrogens (tertiary/aromatic N) is 2. The van der Waals surface area contributed by atoms with Gasteiger partial charge in [0.15, 0.2) is 0 Å². The van der Waals surface area contributed by atoms with E-state index in [2.05, 4.69) is 14.9 Å². The third-order valence-electron chi connectivity index (χ3n) is 4.50. The molecule has 2 aromatic heterocycles. The Balaban J connectivity index is 1.48. The van der Waals surface area contributed by atoms with Crippen LogP contribution in [0.3, 0.4) is 0 Å². The molecule has 136 valence electrons. The van der Waals surface area contributed by atoms with Crippen LogP contribution >= 0.6 is 11.3 Å². The molecule has 0 bridgehead atoms. The lowest BCUT2D eigenvalue weighted by Gasteiger charge is -2.20. The van der Waals surface area contributed by atoms with Crippen molar-refractivity contribution in [2.45, 2.75) is 42.9 Å². The summed E-state index contributed by atoms with van der Waals surface area (Å²) in [4.78, 5) is 0.666. The highest BCUT2D eigenvalue weighted by atomic mass is 32.2. The standard InChI is InChI=1S/C18H19N3O3S2/c1-12-4-2-5-13(10-12)11-19-26(22,23)16-9-8-15(25-16)18-21-20-17(24-18)14-6-3-7-14/h2,4-5,8-10,14,19H,3,6-7,11H2,1H3. The summed E-state index contributed by atoms with van der Waals surface area (Å²) in [5, 5.41) is 8.16. The van der Waals surface area contributed by atoms with E-state index in [0.29, 0.717) is 22.6 Å². The normalized spacial score (nSPS) is 15.1. The SMILES string of the molecule is Cc1cccc(CNS(=O)(=O)c2ccc(-c3nnc(C4CCC4)o3)s2)c1. The molecule has 1 N–H and O–H groups in total.